The summed E-state index contributed by atoms with van der Waals surface area (Å²) in [6.45, 7) is 2.81. The maximum absolute atomic E-state index is 11.0. The SMILES string of the molecule is CC1(C=O)NCCc2ccccc21. The van der Waals surface area contributed by atoms with Crippen LogP contribution in [0.3, 0.4) is 0 Å². The molecule has 1 aliphatic rings. The van der Waals surface area contributed by atoms with Crippen LogP contribution in [0.1, 0.15) is 18.1 Å². The van der Waals surface area contributed by atoms with Crippen LogP contribution in [0, 0.1) is 0 Å². The lowest BCUT2D eigenvalue weighted by Gasteiger charge is -2.32. The van der Waals surface area contributed by atoms with Gasteiger partial charge in [0.05, 0.1) is 5.54 Å². The predicted molar refractivity (Wildman–Crippen MR) is 51.6 cm³/mol. The highest BCUT2D eigenvalue weighted by Crippen LogP contribution is 2.26. The molecule has 2 rings (SSSR count). The van der Waals surface area contributed by atoms with Crippen LogP contribution in [0.25, 0.3) is 0 Å². The molecule has 0 spiro atoms. The van der Waals surface area contributed by atoms with Crippen molar-refractivity contribution >= 4 is 6.29 Å². The molecule has 0 fully saturated rings. The minimum atomic E-state index is -0.477. The smallest absolute Gasteiger partial charge is 0.144 e. The zero-order valence-corrected chi connectivity index (χ0v) is 7.71. The van der Waals surface area contributed by atoms with Gasteiger partial charge in [-0.3, -0.25) is 0 Å². The summed E-state index contributed by atoms with van der Waals surface area (Å²) >= 11 is 0. The van der Waals surface area contributed by atoms with Crippen LogP contribution in [0.15, 0.2) is 24.3 Å². The molecule has 2 heteroatoms. The van der Waals surface area contributed by atoms with Crippen molar-refractivity contribution in [3.63, 3.8) is 0 Å². The first kappa shape index (κ1) is 8.45. The summed E-state index contributed by atoms with van der Waals surface area (Å²) in [6.07, 6.45) is 2.00. The third kappa shape index (κ3) is 1.27. The normalized spacial score (nSPS) is 26.5. The van der Waals surface area contributed by atoms with Gasteiger partial charge in [-0.2, -0.15) is 0 Å². The van der Waals surface area contributed by atoms with Gasteiger partial charge in [-0.25, -0.2) is 0 Å². The molecule has 13 heavy (non-hydrogen) atoms. The van der Waals surface area contributed by atoms with Crippen molar-refractivity contribution in [2.45, 2.75) is 18.9 Å². The van der Waals surface area contributed by atoms with Crippen molar-refractivity contribution in [3.05, 3.63) is 35.4 Å². The molecule has 0 aromatic heterocycles. The molecule has 0 bridgehead atoms. The van der Waals surface area contributed by atoms with E-state index in [2.05, 4.69) is 11.4 Å². The molecule has 2 nitrogen and oxygen atoms in total. The van der Waals surface area contributed by atoms with Crippen molar-refractivity contribution in [1.29, 1.82) is 0 Å². The zero-order valence-electron chi connectivity index (χ0n) is 7.71. The van der Waals surface area contributed by atoms with Gasteiger partial charge >= 0.3 is 0 Å². The Morgan fingerprint density at radius 1 is 1.46 bits per heavy atom. The lowest BCUT2D eigenvalue weighted by Crippen LogP contribution is -2.46. The van der Waals surface area contributed by atoms with Crippen molar-refractivity contribution in [1.82, 2.24) is 5.32 Å². The van der Waals surface area contributed by atoms with E-state index < -0.39 is 5.54 Å². The van der Waals surface area contributed by atoms with Crippen molar-refractivity contribution in [2.24, 2.45) is 0 Å². The second-order valence-electron chi connectivity index (χ2n) is 3.65. The molecule has 1 atom stereocenters. The summed E-state index contributed by atoms with van der Waals surface area (Å²) in [5.41, 5.74) is 1.93. The summed E-state index contributed by atoms with van der Waals surface area (Å²) in [4.78, 5) is 11.0. The minimum Gasteiger partial charge on any atom is -0.301 e. The first-order chi connectivity index (χ1) is 6.26. The molecule has 1 N–H and O–H groups in total. The van der Waals surface area contributed by atoms with Crippen LogP contribution < -0.4 is 5.32 Å². The predicted octanol–water partition coefficient (Wildman–Crippen LogP) is 1.25. The Bertz CT molecular complexity index is 335. The number of hydrogen-bond acceptors (Lipinski definition) is 2. The molecule has 68 valence electrons. The molecule has 1 unspecified atom stereocenters. The first-order valence-corrected chi connectivity index (χ1v) is 4.56. The Hall–Kier alpha value is -1.15. The fourth-order valence-electron chi connectivity index (χ4n) is 1.90. The van der Waals surface area contributed by atoms with Gasteiger partial charge in [0.2, 0.25) is 0 Å². The summed E-state index contributed by atoms with van der Waals surface area (Å²) in [5.74, 6) is 0. The molecule has 0 saturated carbocycles. The van der Waals surface area contributed by atoms with Crippen LogP contribution >= 0.6 is 0 Å². The largest absolute Gasteiger partial charge is 0.301 e. The number of benzene rings is 1. The standard InChI is InChI=1S/C11H13NO/c1-11(8-13)10-5-3-2-4-9(10)6-7-12-11/h2-5,8,12H,6-7H2,1H3. The Morgan fingerprint density at radius 2 is 2.23 bits per heavy atom. The monoisotopic (exact) mass is 175 g/mol. The van der Waals surface area contributed by atoms with Gasteiger partial charge in [0.25, 0.3) is 0 Å². The number of carbonyl (C=O) groups is 1. The Balaban J connectivity index is 2.54. The lowest BCUT2D eigenvalue weighted by molar-refractivity contribution is -0.113. The van der Waals surface area contributed by atoms with Crippen molar-refractivity contribution in [2.75, 3.05) is 6.54 Å². The molecular weight excluding hydrogens is 162 g/mol. The van der Waals surface area contributed by atoms with E-state index in [1.165, 1.54) is 5.56 Å². The molecule has 0 radical (unpaired) electrons. The fraction of sp³-hybridized carbons (Fsp3) is 0.364. The summed E-state index contributed by atoms with van der Waals surface area (Å²) in [6, 6.07) is 8.12. The van der Waals surface area contributed by atoms with Gasteiger partial charge in [0, 0.05) is 6.54 Å². The number of rotatable bonds is 1. The second kappa shape index (κ2) is 2.96. The Morgan fingerprint density at radius 3 is 3.00 bits per heavy atom. The number of hydrogen-bond donors (Lipinski definition) is 1. The van der Waals surface area contributed by atoms with Gasteiger partial charge in [-0.15, -0.1) is 0 Å². The second-order valence-corrected chi connectivity index (χ2v) is 3.65. The lowest BCUT2D eigenvalue weighted by atomic mass is 9.85. The van der Waals surface area contributed by atoms with E-state index in [9.17, 15) is 4.79 Å². The fourth-order valence-corrected chi connectivity index (χ4v) is 1.90. The van der Waals surface area contributed by atoms with Gasteiger partial charge in [0.15, 0.2) is 0 Å². The van der Waals surface area contributed by atoms with Gasteiger partial charge < -0.3 is 10.1 Å². The van der Waals surface area contributed by atoms with Crippen LogP contribution in [0.5, 0.6) is 0 Å². The minimum absolute atomic E-state index is 0.477. The topological polar surface area (TPSA) is 29.1 Å². The highest BCUT2D eigenvalue weighted by atomic mass is 16.1. The molecule has 1 heterocycles. The molecule has 1 aromatic carbocycles. The third-order valence-electron chi connectivity index (χ3n) is 2.70. The summed E-state index contributed by atoms with van der Waals surface area (Å²) < 4.78 is 0. The van der Waals surface area contributed by atoms with E-state index >= 15 is 0 Å². The number of aldehydes is 1. The zero-order chi connectivity index (χ0) is 9.31. The van der Waals surface area contributed by atoms with Crippen molar-refractivity contribution < 1.29 is 4.79 Å². The third-order valence-corrected chi connectivity index (χ3v) is 2.70. The van der Waals surface area contributed by atoms with Crippen LogP contribution in [-0.2, 0) is 16.8 Å². The van der Waals surface area contributed by atoms with Gasteiger partial charge in [-0.05, 0) is 24.5 Å². The van der Waals surface area contributed by atoms with Crippen LogP contribution in [0.4, 0.5) is 0 Å². The van der Waals surface area contributed by atoms with E-state index in [0.29, 0.717) is 0 Å². The number of nitrogens with one attached hydrogen (secondary N) is 1. The highest BCUT2D eigenvalue weighted by molar-refractivity contribution is 5.69. The first-order valence-electron chi connectivity index (χ1n) is 4.56. The number of carbonyl (C=O) groups excluding carboxylic acids is 1. The van der Waals surface area contributed by atoms with Gasteiger partial charge in [0.1, 0.15) is 6.29 Å². The maximum Gasteiger partial charge on any atom is 0.144 e. The highest BCUT2D eigenvalue weighted by Gasteiger charge is 2.30. The van der Waals surface area contributed by atoms with E-state index in [0.717, 1.165) is 24.8 Å². The average molecular weight is 175 g/mol. The number of fused-ring (bicyclic) bond motifs is 1. The van der Waals surface area contributed by atoms with E-state index in [-0.39, 0.29) is 0 Å². The average Bonchev–Trinajstić information content (AvgIpc) is 2.19. The summed E-state index contributed by atoms with van der Waals surface area (Å²) in [5, 5.41) is 3.23. The van der Waals surface area contributed by atoms with E-state index in [1.54, 1.807) is 0 Å². The van der Waals surface area contributed by atoms with E-state index in [4.69, 9.17) is 0 Å². The van der Waals surface area contributed by atoms with Crippen LogP contribution in [0.2, 0.25) is 0 Å². The molecule has 1 aromatic rings. The molecule has 1 aliphatic heterocycles. The molecular formula is C11H13NO. The quantitative estimate of drug-likeness (QED) is 0.651. The molecule has 0 aliphatic carbocycles. The molecule has 0 saturated heterocycles. The summed E-state index contributed by atoms with van der Waals surface area (Å²) in [7, 11) is 0. The van der Waals surface area contributed by atoms with Crippen molar-refractivity contribution in [3.8, 4) is 0 Å². The Kier molecular flexibility index (Phi) is 1.93. The van der Waals surface area contributed by atoms with Gasteiger partial charge in [-0.1, -0.05) is 24.3 Å². The Labute approximate surface area is 78.0 Å². The molecule has 0 amide bonds. The van der Waals surface area contributed by atoms with E-state index in [1.807, 2.05) is 25.1 Å². The van der Waals surface area contributed by atoms with Crippen LogP contribution in [-0.4, -0.2) is 12.8 Å². The maximum atomic E-state index is 11.0.